The van der Waals surface area contributed by atoms with Crippen LogP contribution in [0.1, 0.15) is 5.56 Å². The zero-order valence-corrected chi connectivity index (χ0v) is 9.30. The Labute approximate surface area is 94.5 Å². The van der Waals surface area contributed by atoms with Gasteiger partial charge in [-0.15, -0.1) is 0 Å². The quantitative estimate of drug-likeness (QED) is 0.579. The molecule has 1 rings (SSSR count). The van der Waals surface area contributed by atoms with Gasteiger partial charge in [0.15, 0.2) is 0 Å². The van der Waals surface area contributed by atoms with Gasteiger partial charge < -0.3 is 10.0 Å². The van der Waals surface area contributed by atoms with Crippen molar-refractivity contribution in [2.24, 2.45) is 0 Å². The van der Waals surface area contributed by atoms with Crippen molar-refractivity contribution in [1.29, 1.82) is 0 Å². The smallest absolute Gasteiger partial charge is 0.272 e. The van der Waals surface area contributed by atoms with Gasteiger partial charge in [0.25, 0.3) is 5.69 Å². The topological polar surface area (TPSA) is 66.6 Å². The third kappa shape index (κ3) is 3.60. The Hall–Kier alpha value is -1.46. The highest BCUT2D eigenvalue weighted by molar-refractivity contribution is 5.39. The Morgan fingerprint density at radius 2 is 2.06 bits per heavy atom. The van der Waals surface area contributed by atoms with Gasteiger partial charge in [-0.2, -0.15) is 0 Å². The minimum atomic E-state index is -0.360. The molecule has 5 heteroatoms. The Kier molecular flexibility index (Phi) is 4.88. The first-order chi connectivity index (χ1) is 7.65. The molecule has 0 unspecified atom stereocenters. The molecule has 0 fully saturated rings. The minimum absolute atomic E-state index is 0.105. The van der Waals surface area contributed by atoms with Gasteiger partial charge in [0.1, 0.15) is 0 Å². The molecule has 1 N–H and O–H groups in total. The fourth-order valence-corrected chi connectivity index (χ4v) is 1.49. The summed E-state index contributed by atoms with van der Waals surface area (Å²) in [6, 6.07) is 6.75. The molecular formula is C11H16N2O3. The molecule has 1 aromatic carbocycles. The highest BCUT2D eigenvalue weighted by Gasteiger charge is 2.12. The molecular weight excluding hydrogens is 208 g/mol. The molecule has 0 saturated carbocycles. The summed E-state index contributed by atoms with van der Waals surface area (Å²) in [6.45, 7) is 1.39. The lowest BCUT2D eigenvalue weighted by molar-refractivity contribution is -0.385. The van der Waals surface area contributed by atoms with Gasteiger partial charge in [-0.1, -0.05) is 18.2 Å². The van der Waals surface area contributed by atoms with E-state index in [1.165, 1.54) is 6.07 Å². The first-order valence-corrected chi connectivity index (χ1v) is 5.17. The van der Waals surface area contributed by atoms with Crippen molar-refractivity contribution in [2.75, 3.05) is 26.7 Å². The Morgan fingerprint density at radius 1 is 1.38 bits per heavy atom. The van der Waals surface area contributed by atoms with Crippen LogP contribution in [0.2, 0.25) is 0 Å². The predicted octanol–water partition coefficient (Wildman–Crippen LogP) is 1.06. The summed E-state index contributed by atoms with van der Waals surface area (Å²) in [7, 11) is 1.88. The molecule has 16 heavy (non-hydrogen) atoms. The minimum Gasteiger partial charge on any atom is -0.395 e. The molecule has 0 aromatic heterocycles. The van der Waals surface area contributed by atoms with Crippen LogP contribution in [0.25, 0.3) is 0 Å². The highest BCUT2D eigenvalue weighted by atomic mass is 16.6. The van der Waals surface area contributed by atoms with Crippen LogP contribution in [0.4, 0.5) is 5.69 Å². The van der Waals surface area contributed by atoms with Crippen molar-refractivity contribution in [3.05, 3.63) is 39.9 Å². The molecule has 0 amide bonds. The number of nitrogens with zero attached hydrogens (tertiary/aromatic N) is 2. The highest BCUT2D eigenvalue weighted by Crippen LogP contribution is 2.18. The fraction of sp³-hybridized carbons (Fsp3) is 0.455. The lowest BCUT2D eigenvalue weighted by atomic mass is 10.1. The number of hydrogen-bond donors (Lipinski definition) is 1. The summed E-state index contributed by atoms with van der Waals surface area (Å²) in [5.74, 6) is 0. The maximum Gasteiger partial charge on any atom is 0.272 e. The Balaban J connectivity index is 2.63. The van der Waals surface area contributed by atoms with Gasteiger partial charge in [0.05, 0.1) is 11.5 Å². The average molecular weight is 224 g/mol. The van der Waals surface area contributed by atoms with E-state index in [-0.39, 0.29) is 17.2 Å². The lowest BCUT2D eigenvalue weighted by Gasteiger charge is -2.14. The molecule has 0 saturated heterocycles. The van der Waals surface area contributed by atoms with E-state index in [0.29, 0.717) is 19.5 Å². The number of nitro groups is 1. The summed E-state index contributed by atoms with van der Waals surface area (Å²) in [6.07, 6.45) is 0.619. The Bertz CT molecular complexity index is 355. The summed E-state index contributed by atoms with van der Waals surface area (Å²) >= 11 is 0. The van der Waals surface area contributed by atoms with Crippen LogP contribution in [0, 0.1) is 10.1 Å². The number of para-hydroxylation sites is 1. The van der Waals surface area contributed by atoms with Crippen LogP contribution in [0.15, 0.2) is 24.3 Å². The van der Waals surface area contributed by atoms with Gasteiger partial charge in [-0.3, -0.25) is 10.1 Å². The van der Waals surface area contributed by atoms with Gasteiger partial charge in [0.2, 0.25) is 0 Å². The van der Waals surface area contributed by atoms with Crippen LogP contribution in [-0.4, -0.2) is 41.7 Å². The van der Waals surface area contributed by atoms with Crippen molar-refractivity contribution in [3.63, 3.8) is 0 Å². The molecule has 0 aliphatic heterocycles. The van der Waals surface area contributed by atoms with Crippen molar-refractivity contribution in [3.8, 4) is 0 Å². The van der Waals surface area contributed by atoms with Crippen molar-refractivity contribution in [2.45, 2.75) is 6.42 Å². The lowest BCUT2D eigenvalue weighted by Crippen LogP contribution is -2.24. The molecule has 0 aliphatic rings. The summed E-state index contributed by atoms with van der Waals surface area (Å²) < 4.78 is 0. The van der Waals surface area contributed by atoms with Gasteiger partial charge in [-0.05, 0) is 13.5 Å². The standard InChI is InChI=1S/C11H16N2O3/c1-12(8-9-14)7-6-10-4-2-3-5-11(10)13(15)16/h2-5,14H,6-9H2,1H3. The van der Waals surface area contributed by atoms with E-state index < -0.39 is 0 Å². The van der Waals surface area contributed by atoms with E-state index in [2.05, 4.69) is 0 Å². The molecule has 0 aliphatic carbocycles. The van der Waals surface area contributed by atoms with Gasteiger partial charge >= 0.3 is 0 Å². The van der Waals surface area contributed by atoms with Crippen LogP contribution < -0.4 is 0 Å². The number of aliphatic hydroxyl groups excluding tert-OH is 1. The van der Waals surface area contributed by atoms with E-state index in [0.717, 1.165) is 5.56 Å². The SMILES string of the molecule is CN(CCO)CCc1ccccc1[N+](=O)[O-]. The van der Waals surface area contributed by atoms with Crippen LogP contribution >= 0.6 is 0 Å². The second-order valence-corrected chi connectivity index (χ2v) is 3.66. The van der Waals surface area contributed by atoms with E-state index in [1.807, 2.05) is 11.9 Å². The third-order valence-electron chi connectivity index (χ3n) is 2.43. The summed E-state index contributed by atoms with van der Waals surface area (Å²) in [5, 5.41) is 19.5. The first-order valence-electron chi connectivity index (χ1n) is 5.17. The molecule has 0 radical (unpaired) electrons. The number of nitro benzene ring substituents is 1. The molecule has 0 heterocycles. The molecule has 0 bridgehead atoms. The van der Waals surface area contributed by atoms with Gasteiger partial charge in [-0.25, -0.2) is 0 Å². The van der Waals surface area contributed by atoms with Crippen molar-refractivity contribution >= 4 is 5.69 Å². The Morgan fingerprint density at radius 3 is 2.69 bits per heavy atom. The fourth-order valence-electron chi connectivity index (χ4n) is 1.49. The number of aliphatic hydroxyl groups is 1. The number of hydrogen-bond acceptors (Lipinski definition) is 4. The molecule has 88 valence electrons. The first kappa shape index (κ1) is 12.6. The number of benzene rings is 1. The van der Waals surface area contributed by atoms with Gasteiger partial charge in [0, 0.05) is 24.7 Å². The van der Waals surface area contributed by atoms with Crippen LogP contribution in [-0.2, 0) is 6.42 Å². The molecule has 0 spiro atoms. The second kappa shape index (κ2) is 6.19. The maximum absolute atomic E-state index is 10.7. The van der Waals surface area contributed by atoms with E-state index in [9.17, 15) is 10.1 Å². The number of likely N-dealkylation sites (N-methyl/N-ethyl adjacent to an activating group) is 1. The molecule has 0 atom stereocenters. The largest absolute Gasteiger partial charge is 0.395 e. The third-order valence-corrected chi connectivity index (χ3v) is 2.43. The monoisotopic (exact) mass is 224 g/mol. The molecule has 5 nitrogen and oxygen atoms in total. The van der Waals surface area contributed by atoms with Crippen molar-refractivity contribution in [1.82, 2.24) is 4.90 Å². The maximum atomic E-state index is 10.7. The summed E-state index contributed by atoms with van der Waals surface area (Å²) in [4.78, 5) is 12.3. The van der Waals surface area contributed by atoms with Crippen molar-refractivity contribution < 1.29 is 10.0 Å². The zero-order valence-electron chi connectivity index (χ0n) is 9.30. The second-order valence-electron chi connectivity index (χ2n) is 3.66. The van der Waals surface area contributed by atoms with Crippen LogP contribution in [0.3, 0.4) is 0 Å². The normalized spacial score (nSPS) is 10.7. The average Bonchev–Trinajstić information content (AvgIpc) is 2.27. The molecule has 1 aromatic rings. The van der Waals surface area contributed by atoms with E-state index in [1.54, 1.807) is 18.2 Å². The van der Waals surface area contributed by atoms with Crippen LogP contribution in [0.5, 0.6) is 0 Å². The summed E-state index contributed by atoms with van der Waals surface area (Å²) in [5.41, 5.74) is 0.900. The predicted molar refractivity (Wildman–Crippen MR) is 61.4 cm³/mol. The zero-order chi connectivity index (χ0) is 12.0. The van der Waals surface area contributed by atoms with E-state index in [4.69, 9.17) is 5.11 Å². The number of rotatable bonds is 6. The van der Waals surface area contributed by atoms with E-state index >= 15 is 0 Å².